The molecule has 0 spiro atoms. The third kappa shape index (κ3) is 1.08. The van der Waals surface area contributed by atoms with Crippen LogP contribution in [0.2, 0.25) is 0 Å². The molecule has 0 aliphatic heterocycles. The van der Waals surface area contributed by atoms with Crippen LogP contribution in [0, 0.1) is 17.7 Å². The van der Waals surface area contributed by atoms with E-state index >= 15 is 0 Å². The summed E-state index contributed by atoms with van der Waals surface area (Å²) in [7, 11) is 0. The summed E-state index contributed by atoms with van der Waals surface area (Å²) >= 11 is 1.28. The lowest BCUT2D eigenvalue weighted by Gasteiger charge is -1.80. The van der Waals surface area contributed by atoms with Crippen molar-refractivity contribution in [3.63, 3.8) is 0 Å². The summed E-state index contributed by atoms with van der Waals surface area (Å²) in [5.41, 5.74) is 0.903. The number of aromatic amines is 1. The number of aromatic nitrogens is 1. The van der Waals surface area contributed by atoms with Crippen molar-refractivity contribution in [2.45, 2.75) is 6.92 Å². The maximum atomic E-state index is 7.12. The Kier molecular flexibility index (Phi) is 1.48. The molecule has 48 valence electrons. The van der Waals surface area contributed by atoms with E-state index in [4.69, 9.17) is 10.8 Å². The third-order valence-corrected chi connectivity index (χ3v) is 1.96. The molecular weight excluding hydrogens is 134 g/mol. The highest BCUT2D eigenvalue weighted by atomic mass is 32.1. The van der Waals surface area contributed by atoms with E-state index in [1.165, 1.54) is 17.6 Å². The summed E-state index contributed by atoms with van der Waals surface area (Å²) in [6.07, 6.45) is 1.26. The minimum atomic E-state index is 0.408. The van der Waals surface area contributed by atoms with E-state index < -0.39 is 0 Å². The van der Waals surface area contributed by atoms with Gasteiger partial charge in [-0.15, -0.1) is 0 Å². The van der Waals surface area contributed by atoms with Crippen LogP contribution >= 0.6 is 11.3 Å². The Morgan fingerprint density at radius 1 is 1.67 bits per heavy atom. The fourth-order valence-corrected chi connectivity index (χ4v) is 1.27. The van der Waals surface area contributed by atoms with E-state index in [0.29, 0.717) is 4.80 Å². The van der Waals surface area contributed by atoms with Crippen molar-refractivity contribution in [1.82, 2.24) is 4.98 Å². The van der Waals surface area contributed by atoms with Gasteiger partial charge in [0.1, 0.15) is 0 Å². The van der Waals surface area contributed by atoms with Crippen molar-refractivity contribution in [3.8, 4) is 0 Å². The number of rotatable bonds is 1. The number of hydrogen-bond donors (Lipinski definition) is 3. The van der Waals surface area contributed by atoms with E-state index in [1.54, 1.807) is 0 Å². The molecule has 0 aliphatic rings. The Hall–Kier alpha value is -0.900. The summed E-state index contributed by atoms with van der Waals surface area (Å²) in [6, 6.07) is 0. The molecular formula is C5H7N3S. The first kappa shape index (κ1) is 6.22. The first-order valence-corrected chi connectivity index (χ1v) is 3.30. The molecule has 0 atom stereocenters. The quantitative estimate of drug-likeness (QED) is 0.486. The molecule has 0 unspecified atom stereocenters. The van der Waals surface area contributed by atoms with Gasteiger partial charge in [-0.3, -0.25) is 5.41 Å². The maximum Gasteiger partial charge on any atom is 0.180 e. The van der Waals surface area contributed by atoms with Gasteiger partial charge in [-0.2, -0.15) is 0 Å². The van der Waals surface area contributed by atoms with Gasteiger partial charge in [0.25, 0.3) is 0 Å². The predicted molar refractivity (Wildman–Crippen MR) is 37.1 cm³/mol. The second-order valence-electron chi connectivity index (χ2n) is 1.69. The van der Waals surface area contributed by atoms with Gasteiger partial charge in [0, 0.05) is 11.9 Å². The first-order chi connectivity index (χ1) is 4.24. The Balaban J connectivity index is 3.31. The Bertz CT molecular complexity index is 270. The highest BCUT2D eigenvalue weighted by molar-refractivity contribution is 7.11. The molecule has 0 saturated heterocycles. The fraction of sp³-hybridized carbons (Fsp3) is 0.200. The van der Waals surface area contributed by atoms with Crippen LogP contribution in [0.25, 0.3) is 0 Å². The predicted octanol–water partition coefficient (Wildman–Crippen LogP) is 0.862. The van der Waals surface area contributed by atoms with Crippen LogP contribution < -0.4 is 4.80 Å². The number of H-pyrrole nitrogens is 1. The van der Waals surface area contributed by atoms with Gasteiger partial charge in [-0.1, -0.05) is 11.3 Å². The molecule has 0 aromatic carbocycles. The van der Waals surface area contributed by atoms with Gasteiger partial charge in [0.15, 0.2) is 4.80 Å². The van der Waals surface area contributed by atoms with Crippen molar-refractivity contribution < 1.29 is 0 Å². The third-order valence-electron chi connectivity index (χ3n) is 1.01. The van der Waals surface area contributed by atoms with Gasteiger partial charge in [-0.05, 0) is 6.92 Å². The van der Waals surface area contributed by atoms with Crippen molar-refractivity contribution in [2.24, 2.45) is 0 Å². The number of aryl methyl sites for hydroxylation is 1. The Morgan fingerprint density at radius 3 is 2.56 bits per heavy atom. The van der Waals surface area contributed by atoms with Crippen LogP contribution in [0.1, 0.15) is 10.6 Å². The van der Waals surface area contributed by atoms with Crippen LogP contribution in [-0.4, -0.2) is 11.2 Å². The zero-order valence-corrected chi connectivity index (χ0v) is 5.80. The molecule has 1 aromatic rings. The van der Waals surface area contributed by atoms with Crippen LogP contribution in [-0.2, 0) is 0 Å². The number of nitrogens with one attached hydrogen (secondary N) is 3. The lowest BCUT2D eigenvalue weighted by Crippen LogP contribution is -1.91. The second-order valence-corrected chi connectivity index (χ2v) is 2.74. The lowest BCUT2D eigenvalue weighted by molar-refractivity contribution is 1.13. The van der Waals surface area contributed by atoms with Gasteiger partial charge < -0.3 is 10.4 Å². The SMILES string of the molecule is Cc1[nH]c(=N)sc1C=N. The fourth-order valence-electron chi connectivity index (χ4n) is 0.582. The topological polar surface area (TPSA) is 63.5 Å². The number of thiazole rings is 1. The van der Waals surface area contributed by atoms with E-state index in [-0.39, 0.29) is 0 Å². The lowest BCUT2D eigenvalue weighted by atomic mass is 10.4. The Labute approximate surface area is 56.4 Å². The van der Waals surface area contributed by atoms with Crippen molar-refractivity contribution in [1.29, 1.82) is 10.8 Å². The molecule has 0 aliphatic carbocycles. The molecule has 0 bridgehead atoms. The summed E-state index contributed by atoms with van der Waals surface area (Å²) in [4.78, 5) is 4.03. The summed E-state index contributed by atoms with van der Waals surface area (Å²) in [5, 5.41) is 14.0. The van der Waals surface area contributed by atoms with Crippen molar-refractivity contribution in [2.75, 3.05) is 0 Å². The van der Waals surface area contributed by atoms with E-state index in [0.717, 1.165) is 10.6 Å². The van der Waals surface area contributed by atoms with Gasteiger partial charge in [0.05, 0.1) is 4.88 Å². The summed E-state index contributed by atoms with van der Waals surface area (Å²) in [5.74, 6) is 0. The minimum Gasteiger partial charge on any atom is -0.334 e. The van der Waals surface area contributed by atoms with Crippen LogP contribution in [0.4, 0.5) is 0 Å². The minimum absolute atomic E-state index is 0.408. The average molecular weight is 141 g/mol. The van der Waals surface area contributed by atoms with E-state index in [2.05, 4.69) is 4.98 Å². The largest absolute Gasteiger partial charge is 0.334 e. The molecule has 0 radical (unpaired) electrons. The second kappa shape index (κ2) is 2.14. The molecule has 9 heavy (non-hydrogen) atoms. The summed E-state index contributed by atoms with van der Waals surface area (Å²) in [6.45, 7) is 1.86. The molecule has 1 rings (SSSR count). The molecule has 1 aromatic heterocycles. The van der Waals surface area contributed by atoms with Crippen molar-refractivity contribution in [3.05, 3.63) is 15.4 Å². The standard InChI is InChI=1S/C5H7N3S/c1-3-4(2-6)9-5(7)8-3/h2,6H,1H3,(H2,7,8). The van der Waals surface area contributed by atoms with Gasteiger partial charge >= 0.3 is 0 Å². The smallest absolute Gasteiger partial charge is 0.180 e. The number of hydrogen-bond acceptors (Lipinski definition) is 3. The van der Waals surface area contributed by atoms with Gasteiger partial charge in [-0.25, -0.2) is 0 Å². The molecule has 4 heteroatoms. The maximum absolute atomic E-state index is 7.12. The molecule has 0 fully saturated rings. The zero-order valence-electron chi connectivity index (χ0n) is 4.99. The van der Waals surface area contributed by atoms with Gasteiger partial charge in [0.2, 0.25) is 0 Å². The molecule has 0 saturated carbocycles. The zero-order chi connectivity index (χ0) is 6.85. The molecule has 3 N–H and O–H groups in total. The molecule has 1 heterocycles. The summed E-state index contributed by atoms with van der Waals surface area (Å²) < 4.78 is 0. The highest BCUT2D eigenvalue weighted by Gasteiger charge is 1.95. The van der Waals surface area contributed by atoms with E-state index in [1.807, 2.05) is 6.92 Å². The highest BCUT2D eigenvalue weighted by Crippen LogP contribution is 2.02. The van der Waals surface area contributed by atoms with Crippen molar-refractivity contribution >= 4 is 17.6 Å². The van der Waals surface area contributed by atoms with Crippen LogP contribution in [0.5, 0.6) is 0 Å². The van der Waals surface area contributed by atoms with E-state index in [9.17, 15) is 0 Å². The van der Waals surface area contributed by atoms with Crippen LogP contribution in [0.3, 0.4) is 0 Å². The first-order valence-electron chi connectivity index (χ1n) is 2.49. The monoisotopic (exact) mass is 141 g/mol. The molecule has 0 amide bonds. The normalized spacial score (nSPS) is 9.44. The molecule has 3 nitrogen and oxygen atoms in total. The van der Waals surface area contributed by atoms with Crippen LogP contribution in [0.15, 0.2) is 0 Å². The average Bonchev–Trinajstić information content (AvgIpc) is 2.10. The Morgan fingerprint density at radius 2 is 2.33 bits per heavy atom.